The Bertz CT molecular complexity index is 927. The minimum atomic E-state index is -0.0105. The van der Waals surface area contributed by atoms with E-state index < -0.39 is 0 Å². The van der Waals surface area contributed by atoms with Gasteiger partial charge in [0.2, 0.25) is 0 Å². The Kier molecular flexibility index (Phi) is 4.96. The van der Waals surface area contributed by atoms with Crippen molar-refractivity contribution in [2.45, 2.75) is 6.42 Å². The molecule has 3 aromatic rings. The number of likely N-dealkylation sites (N-methyl/N-ethyl adjacent to an activating group) is 1. The van der Waals surface area contributed by atoms with Gasteiger partial charge >= 0.3 is 0 Å². The Morgan fingerprint density at radius 2 is 2.07 bits per heavy atom. The Morgan fingerprint density at radius 3 is 2.81 bits per heavy atom. The molecule has 0 amide bonds. The number of ketones is 1. The molecular weight excluding hydrogens is 360 g/mol. The third-order valence-electron chi connectivity index (χ3n) is 4.85. The van der Waals surface area contributed by atoms with Gasteiger partial charge in [-0.25, -0.2) is 4.98 Å². The molecule has 0 aliphatic carbocycles. The summed E-state index contributed by atoms with van der Waals surface area (Å²) in [4.78, 5) is 21.7. The van der Waals surface area contributed by atoms with Gasteiger partial charge in [0.25, 0.3) is 0 Å². The standard InChI is InChI=1S/C20H22N4O2S/c1-23-6-8-24(9-7-23)19-13-22-20(27-19)17(25)12-15-11-14(4-5-16(15)21)18-3-2-10-26-18/h2-5,10-11,13H,6-9,12,21H2,1H3. The average Bonchev–Trinajstić information content (AvgIpc) is 3.36. The highest BCUT2D eigenvalue weighted by Crippen LogP contribution is 2.28. The SMILES string of the molecule is CN1CCN(c2cnc(C(=O)Cc3cc(-c4ccco4)ccc3N)s2)CC1. The number of hydrogen-bond donors (Lipinski definition) is 1. The summed E-state index contributed by atoms with van der Waals surface area (Å²) >= 11 is 1.46. The molecule has 0 atom stereocenters. The number of aromatic nitrogens is 1. The van der Waals surface area contributed by atoms with Crippen molar-refractivity contribution >= 4 is 27.8 Å². The molecule has 0 bridgehead atoms. The summed E-state index contributed by atoms with van der Waals surface area (Å²) < 4.78 is 5.44. The first-order valence-electron chi connectivity index (χ1n) is 8.95. The van der Waals surface area contributed by atoms with Gasteiger partial charge in [-0.1, -0.05) is 11.3 Å². The van der Waals surface area contributed by atoms with Crippen LogP contribution in [0.25, 0.3) is 11.3 Å². The lowest BCUT2D eigenvalue weighted by atomic mass is 10.0. The van der Waals surface area contributed by atoms with Crippen molar-refractivity contribution in [3.8, 4) is 11.3 Å². The van der Waals surface area contributed by atoms with Gasteiger partial charge in [-0.15, -0.1) is 0 Å². The van der Waals surface area contributed by atoms with E-state index in [1.807, 2.05) is 36.5 Å². The minimum absolute atomic E-state index is 0.0105. The Morgan fingerprint density at radius 1 is 1.26 bits per heavy atom. The van der Waals surface area contributed by atoms with Crippen LogP contribution in [0.15, 0.2) is 47.2 Å². The zero-order chi connectivity index (χ0) is 18.8. The molecule has 2 N–H and O–H groups in total. The number of piperazine rings is 1. The zero-order valence-electron chi connectivity index (χ0n) is 15.2. The molecule has 3 heterocycles. The van der Waals surface area contributed by atoms with E-state index in [-0.39, 0.29) is 12.2 Å². The van der Waals surface area contributed by atoms with E-state index in [4.69, 9.17) is 10.2 Å². The highest BCUT2D eigenvalue weighted by Gasteiger charge is 2.19. The van der Waals surface area contributed by atoms with Gasteiger partial charge < -0.3 is 20.0 Å². The van der Waals surface area contributed by atoms with Crippen LogP contribution < -0.4 is 10.6 Å². The first kappa shape index (κ1) is 17.8. The number of rotatable bonds is 5. The Hall–Kier alpha value is -2.64. The molecule has 1 saturated heterocycles. The molecule has 1 aromatic carbocycles. The number of nitrogen functional groups attached to an aromatic ring is 1. The molecule has 2 aromatic heterocycles. The third kappa shape index (κ3) is 3.89. The quantitative estimate of drug-likeness (QED) is 0.540. The number of benzene rings is 1. The molecule has 140 valence electrons. The van der Waals surface area contributed by atoms with Crippen LogP contribution in [-0.2, 0) is 6.42 Å². The maximum Gasteiger partial charge on any atom is 0.195 e. The normalized spacial score (nSPS) is 15.2. The lowest BCUT2D eigenvalue weighted by Crippen LogP contribution is -2.44. The minimum Gasteiger partial charge on any atom is -0.464 e. The number of furan rings is 1. The van der Waals surface area contributed by atoms with Crippen LogP contribution in [0.5, 0.6) is 0 Å². The second kappa shape index (κ2) is 7.54. The summed E-state index contributed by atoms with van der Waals surface area (Å²) in [6.45, 7) is 3.98. The van der Waals surface area contributed by atoms with E-state index >= 15 is 0 Å². The fourth-order valence-electron chi connectivity index (χ4n) is 3.17. The summed E-state index contributed by atoms with van der Waals surface area (Å²) in [6, 6.07) is 9.36. The molecule has 1 aliphatic heterocycles. The second-order valence-corrected chi connectivity index (χ2v) is 7.79. The number of hydrogen-bond acceptors (Lipinski definition) is 7. The van der Waals surface area contributed by atoms with E-state index in [1.165, 1.54) is 11.3 Å². The van der Waals surface area contributed by atoms with Crippen molar-refractivity contribution in [2.75, 3.05) is 43.9 Å². The molecular formula is C20H22N4O2S. The number of anilines is 2. The van der Waals surface area contributed by atoms with Gasteiger partial charge in [-0.3, -0.25) is 4.79 Å². The van der Waals surface area contributed by atoms with Crippen molar-refractivity contribution in [3.05, 3.63) is 53.4 Å². The topological polar surface area (TPSA) is 75.6 Å². The van der Waals surface area contributed by atoms with Gasteiger partial charge in [-0.2, -0.15) is 0 Å². The van der Waals surface area contributed by atoms with Crippen molar-refractivity contribution in [1.29, 1.82) is 0 Å². The van der Waals surface area contributed by atoms with Crippen LogP contribution in [0.1, 0.15) is 15.4 Å². The molecule has 0 spiro atoms. The van der Waals surface area contributed by atoms with Gasteiger partial charge in [-0.05, 0) is 42.9 Å². The summed E-state index contributed by atoms with van der Waals surface area (Å²) in [5, 5.41) is 1.59. The van der Waals surface area contributed by atoms with Crippen molar-refractivity contribution in [1.82, 2.24) is 9.88 Å². The van der Waals surface area contributed by atoms with Crippen LogP contribution in [0.3, 0.4) is 0 Å². The predicted octanol–water partition coefficient (Wildman–Crippen LogP) is 3.16. The van der Waals surface area contributed by atoms with Crippen molar-refractivity contribution < 1.29 is 9.21 Å². The monoisotopic (exact) mass is 382 g/mol. The van der Waals surface area contributed by atoms with Crippen LogP contribution in [-0.4, -0.2) is 48.9 Å². The smallest absolute Gasteiger partial charge is 0.195 e. The number of carbonyl (C=O) groups excluding carboxylic acids is 1. The second-order valence-electron chi connectivity index (χ2n) is 6.78. The third-order valence-corrected chi connectivity index (χ3v) is 5.95. The fraction of sp³-hybridized carbons (Fsp3) is 0.300. The predicted molar refractivity (Wildman–Crippen MR) is 108 cm³/mol. The molecule has 0 saturated carbocycles. The Balaban J connectivity index is 1.49. The van der Waals surface area contributed by atoms with Gasteiger partial charge in [0.1, 0.15) is 10.8 Å². The van der Waals surface area contributed by atoms with E-state index in [9.17, 15) is 4.79 Å². The van der Waals surface area contributed by atoms with Gasteiger partial charge in [0.05, 0.1) is 12.5 Å². The van der Waals surface area contributed by atoms with E-state index in [0.29, 0.717) is 10.7 Å². The molecule has 0 unspecified atom stereocenters. The summed E-state index contributed by atoms with van der Waals surface area (Å²) in [5.74, 6) is 0.749. The average molecular weight is 382 g/mol. The molecule has 6 nitrogen and oxygen atoms in total. The zero-order valence-corrected chi connectivity index (χ0v) is 16.0. The van der Waals surface area contributed by atoms with Crippen LogP contribution in [0, 0.1) is 0 Å². The van der Waals surface area contributed by atoms with Crippen LogP contribution in [0.2, 0.25) is 0 Å². The van der Waals surface area contributed by atoms with E-state index in [0.717, 1.165) is 48.1 Å². The van der Waals surface area contributed by atoms with E-state index in [1.54, 1.807) is 6.26 Å². The lowest BCUT2D eigenvalue weighted by Gasteiger charge is -2.32. The van der Waals surface area contributed by atoms with Crippen molar-refractivity contribution in [2.24, 2.45) is 0 Å². The van der Waals surface area contributed by atoms with E-state index in [2.05, 4.69) is 21.8 Å². The maximum atomic E-state index is 12.8. The Labute approximate surface area is 162 Å². The van der Waals surface area contributed by atoms with Crippen LogP contribution >= 0.6 is 11.3 Å². The molecule has 7 heteroatoms. The summed E-state index contributed by atoms with van der Waals surface area (Å²) in [5.41, 5.74) is 8.41. The number of carbonyl (C=O) groups is 1. The molecule has 1 fully saturated rings. The summed E-state index contributed by atoms with van der Waals surface area (Å²) in [6.07, 6.45) is 3.67. The lowest BCUT2D eigenvalue weighted by molar-refractivity contribution is 0.0992. The fourth-order valence-corrected chi connectivity index (χ4v) is 4.08. The molecule has 1 aliphatic rings. The van der Waals surface area contributed by atoms with Gasteiger partial charge in [0, 0.05) is 43.9 Å². The van der Waals surface area contributed by atoms with Gasteiger partial charge in [0.15, 0.2) is 10.8 Å². The van der Waals surface area contributed by atoms with Crippen LogP contribution in [0.4, 0.5) is 10.7 Å². The summed E-state index contributed by atoms with van der Waals surface area (Å²) in [7, 11) is 2.13. The van der Waals surface area contributed by atoms with Crippen molar-refractivity contribution in [3.63, 3.8) is 0 Å². The largest absolute Gasteiger partial charge is 0.464 e. The highest BCUT2D eigenvalue weighted by atomic mass is 32.1. The first-order chi connectivity index (χ1) is 13.1. The number of thiazole rings is 1. The molecule has 27 heavy (non-hydrogen) atoms. The highest BCUT2D eigenvalue weighted by molar-refractivity contribution is 7.17. The first-order valence-corrected chi connectivity index (χ1v) is 9.76. The molecule has 0 radical (unpaired) electrons. The maximum absolute atomic E-state index is 12.8. The number of Topliss-reactive ketones (excluding diaryl/α,β-unsaturated/α-hetero) is 1. The number of nitrogens with zero attached hydrogens (tertiary/aromatic N) is 3. The number of nitrogens with two attached hydrogens (primary N) is 1. The molecule has 4 rings (SSSR count).